The lowest BCUT2D eigenvalue weighted by molar-refractivity contribution is 1.18. The number of anilines is 6. The summed E-state index contributed by atoms with van der Waals surface area (Å²) in [6, 6.07) is 124. The molecule has 0 saturated carbocycles. The van der Waals surface area contributed by atoms with Crippen molar-refractivity contribution < 1.29 is 0 Å². The van der Waals surface area contributed by atoms with E-state index in [1.165, 1.54) is 91.6 Å². The van der Waals surface area contributed by atoms with Gasteiger partial charge in [0, 0.05) is 92.8 Å². The number of benzene rings is 14. The summed E-state index contributed by atoms with van der Waals surface area (Å²) in [5.74, 6) is 0. The summed E-state index contributed by atoms with van der Waals surface area (Å²) in [6.07, 6.45) is 0. The molecule has 0 saturated heterocycles. The fourth-order valence-corrected chi connectivity index (χ4v) is 14.9. The lowest BCUT2D eigenvalue weighted by atomic mass is 9.90. The Morgan fingerprint density at radius 3 is 1.04 bits per heavy atom. The SMILES string of the molecule is c1ccc(N(c2ccccc2)c2ccc(-c3cc4sc5c(-c6ccc7c8ccccc8n(-c8ccccc8)c7c6)c(-c6ccc(N(c7ccccc7)c7ccccc7)cc6)ccc5c4cc3-c3ccc4c5ccccc5n(-c5ccccc5)c4c3)cc2)cc1. The zero-order valence-corrected chi connectivity index (χ0v) is 49.3. The quantitative estimate of drug-likeness (QED) is 0.121. The van der Waals surface area contributed by atoms with Gasteiger partial charge in [0.1, 0.15) is 0 Å². The largest absolute Gasteiger partial charge is 0.311 e. The summed E-state index contributed by atoms with van der Waals surface area (Å²) in [7, 11) is 0. The Morgan fingerprint density at radius 1 is 0.225 bits per heavy atom. The van der Waals surface area contributed by atoms with E-state index in [4.69, 9.17) is 0 Å². The van der Waals surface area contributed by atoms with Crippen LogP contribution in [0.25, 0.3) is 120 Å². The third kappa shape index (κ3) is 8.98. The van der Waals surface area contributed by atoms with E-state index in [1.54, 1.807) is 0 Å². The van der Waals surface area contributed by atoms with Crippen LogP contribution in [-0.4, -0.2) is 9.13 Å². The van der Waals surface area contributed by atoms with Gasteiger partial charge in [-0.25, -0.2) is 0 Å². The highest BCUT2D eigenvalue weighted by atomic mass is 32.1. The molecule has 4 nitrogen and oxygen atoms in total. The lowest BCUT2D eigenvalue weighted by Gasteiger charge is -2.25. The molecule has 0 bridgehead atoms. The molecule has 418 valence electrons. The topological polar surface area (TPSA) is 16.3 Å². The Balaban J connectivity index is 0.904. The second-order valence-electron chi connectivity index (χ2n) is 22.8. The number of aromatic nitrogens is 2. The molecule has 0 aliphatic heterocycles. The highest BCUT2D eigenvalue weighted by Crippen LogP contribution is 2.50. The molecule has 0 unspecified atom stereocenters. The van der Waals surface area contributed by atoms with Gasteiger partial charge in [0.2, 0.25) is 0 Å². The van der Waals surface area contributed by atoms with Gasteiger partial charge >= 0.3 is 0 Å². The van der Waals surface area contributed by atoms with E-state index in [0.29, 0.717) is 0 Å². The number of nitrogens with zero attached hydrogens (tertiary/aromatic N) is 4. The number of thiophene rings is 1. The van der Waals surface area contributed by atoms with Crippen LogP contribution in [0.4, 0.5) is 34.1 Å². The normalized spacial score (nSPS) is 11.6. The predicted octanol–water partition coefficient (Wildman–Crippen LogP) is 23.9. The summed E-state index contributed by atoms with van der Waals surface area (Å²) in [5, 5.41) is 7.38. The van der Waals surface area contributed by atoms with Gasteiger partial charge in [-0.1, -0.05) is 206 Å². The molecule has 0 aliphatic rings. The van der Waals surface area contributed by atoms with Crippen molar-refractivity contribution in [2.24, 2.45) is 0 Å². The summed E-state index contributed by atoms with van der Waals surface area (Å²) >= 11 is 1.90. The molecule has 17 rings (SSSR count). The third-order valence-corrected chi connectivity index (χ3v) is 18.9. The standard InChI is InChI=1S/C84H56N4S/c1-7-23-61(24-8-1)85(62-25-9-2-10-26-62)67-45-39-57(40-46-67)69-51-52-74-77-55-75(59-43-49-72-70-35-19-21-37-78(70)87(80(72)53-59)65-31-15-5-16-32-65)76(58-41-47-68(48-42-58)86(63-27-11-3-12-28-63)64-29-13-4-14-30-64)56-82(77)89-84(74)83(69)60-44-50-73-71-36-20-22-38-79(71)88(81(73)54-60)66-33-17-6-18-34-66/h1-56H. The number of hydrogen-bond donors (Lipinski definition) is 0. The second-order valence-corrected chi connectivity index (χ2v) is 23.9. The van der Waals surface area contributed by atoms with Crippen LogP contribution in [0.5, 0.6) is 0 Å². The van der Waals surface area contributed by atoms with E-state index in [2.05, 4.69) is 359 Å². The maximum absolute atomic E-state index is 2.49. The number of hydrogen-bond acceptors (Lipinski definition) is 3. The molecule has 0 amide bonds. The van der Waals surface area contributed by atoms with Crippen LogP contribution in [0.15, 0.2) is 340 Å². The molecule has 3 heterocycles. The van der Waals surface area contributed by atoms with Crippen molar-refractivity contribution in [1.29, 1.82) is 0 Å². The van der Waals surface area contributed by atoms with Gasteiger partial charge in [-0.15, -0.1) is 11.3 Å². The molecule has 0 atom stereocenters. The summed E-state index contributed by atoms with van der Waals surface area (Å²) < 4.78 is 7.34. The first-order valence-corrected chi connectivity index (χ1v) is 31.2. The van der Waals surface area contributed by atoms with Crippen molar-refractivity contribution in [3.05, 3.63) is 340 Å². The van der Waals surface area contributed by atoms with E-state index >= 15 is 0 Å². The van der Waals surface area contributed by atoms with E-state index in [0.717, 1.165) is 62.2 Å². The van der Waals surface area contributed by atoms with Crippen molar-refractivity contribution in [3.8, 4) is 55.9 Å². The minimum absolute atomic E-state index is 1.09. The molecule has 0 radical (unpaired) electrons. The summed E-state index contributed by atoms with van der Waals surface area (Å²) in [5.41, 5.74) is 23.0. The molecule has 14 aromatic carbocycles. The van der Waals surface area contributed by atoms with E-state index < -0.39 is 0 Å². The average Bonchev–Trinajstić information content (AvgIpc) is 1.71. The highest BCUT2D eigenvalue weighted by Gasteiger charge is 2.24. The third-order valence-electron chi connectivity index (χ3n) is 17.7. The first-order chi connectivity index (χ1) is 44.2. The number of para-hydroxylation sites is 8. The van der Waals surface area contributed by atoms with Crippen molar-refractivity contribution in [1.82, 2.24) is 9.13 Å². The van der Waals surface area contributed by atoms with Gasteiger partial charge in [0.15, 0.2) is 0 Å². The average molecular weight is 1150 g/mol. The van der Waals surface area contributed by atoms with Gasteiger partial charge in [0.05, 0.1) is 22.1 Å². The zero-order valence-electron chi connectivity index (χ0n) is 48.5. The molecule has 0 fully saturated rings. The van der Waals surface area contributed by atoms with Crippen LogP contribution in [-0.2, 0) is 0 Å². The fourth-order valence-electron chi connectivity index (χ4n) is 13.6. The maximum Gasteiger partial charge on any atom is 0.0547 e. The molecule has 5 heteroatoms. The van der Waals surface area contributed by atoms with Crippen LogP contribution >= 0.6 is 11.3 Å². The molecular weight excluding hydrogens is 1100 g/mol. The van der Waals surface area contributed by atoms with E-state index in [-0.39, 0.29) is 0 Å². The van der Waals surface area contributed by atoms with Crippen LogP contribution in [0.3, 0.4) is 0 Å². The van der Waals surface area contributed by atoms with Gasteiger partial charge in [-0.2, -0.15) is 0 Å². The van der Waals surface area contributed by atoms with Gasteiger partial charge < -0.3 is 18.9 Å². The first kappa shape index (κ1) is 51.9. The van der Waals surface area contributed by atoms with Gasteiger partial charge in [0.25, 0.3) is 0 Å². The fraction of sp³-hybridized carbons (Fsp3) is 0. The zero-order chi connectivity index (χ0) is 58.8. The Hall–Kier alpha value is -11.5. The maximum atomic E-state index is 2.49. The number of rotatable bonds is 12. The highest BCUT2D eigenvalue weighted by molar-refractivity contribution is 7.26. The smallest absolute Gasteiger partial charge is 0.0547 e. The molecule has 89 heavy (non-hydrogen) atoms. The van der Waals surface area contributed by atoms with Crippen molar-refractivity contribution in [2.75, 3.05) is 9.80 Å². The lowest BCUT2D eigenvalue weighted by Crippen LogP contribution is -2.09. The van der Waals surface area contributed by atoms with Gasteiger partial charge in [-0.3, -0.25) is 0 Å². The van der Waals surface area contributed by atoms with Crippen molar-refractivity contribution >= 4 is 109 Å². The Labute approximate surface area is 520 Å². The van der Waals surface area contributed by atoms with Crippen LogP contribution in [0.1, 0.15) is 0 Å². The predicted molar refractivity (Wildman–Crippen MR) is 379 cm³/mol. The molecular formula is C84H56N4S. The van der Waals surface area contributed by atoms with Gasteiger partial charge in [-0.05, 0) is 172 Å². The summed E-state index contributed by atoms with van der Waals surface area (Å²) in [4.78, 5) is 4.67. The Morgan fingerprint density at radius 2 is 0.573 bits per heavy atom. The van der Waals surface area contributed by atoms with Crippen LogP contribution < -0.4 is 9.80 Å². The van der Waals surface area contributed by atoms with E-state index in [9.17, 15) is 0 Å². The van der Waals surface area contributed by atoms with Crippen LogP contribution in [0.2, 0.25) is 0 Å². The minimum atomic E-state index is 1.09. The number of fused-ring (bicyclic) bond motifs is 9. The second kappa shape index (κ2) is 21.8. The monoisotopic (exact) mass is 1150 g/mol. The Bertz CT molecular complexity index is 5370. The molecule has 3 aromatic heterocycles. The first-order valence-electron chi connectivity index (χ1n) is 30.4. The molecule has 17 aromatic rings. The minimum Gasteiger partial charge on any atom is -0.311 e. The van der Waals surface area contributed by atoms with Crippen molar-refractivity contribution in [2.45, 2.75) is 0 Å². The van der Waals surface area contributed by atoms with E-state index in [1.807, 2.05) is 11.3 Å². The summed E-state index contributed by atoms with van der Waals surface area (Å²) in [6.45, 7) is 0. The molecule has 0 aliphatic carbocycles. The van der Waals surface area contributed by atoms with Crippen LogP contribution in [0, 0.1) is 0 Å². The molecule has 0 spiro atoms. The van der Waals surface area contributed by atoms with Crippen molar-refractivity contribution in [3.63, 3.8) is 0 Å². The Kier molecular flexibility index (Phi) is 12.7. The molecule has 0 N–H and O–H groups in total.